The number of alkyl halides is 6. The zero-order valence-electron chi connectivity index (χ0n) is 21.0. The van der Waals surface area contributed by atoms with Crippen LogP contribution in [-0.4, -0.2) is 56.3 Å². The number of aromatic nitrogens is 1. The highest BCUT2D eigenvalue weighted by Gasteiger charge is 2.42. The monoisotopic (exact) mass is 628 g/mol. The number of thioether (sulfide) groups is 1. The summed E-state index contributed by atoms with van der Waals surface area (Å²) in [6, 6.07) is 9.36. The minimum Gasteiger partial charge on any atom is -0.475 e. The van der Waals surface area contributed by atoms with Crippen LogP contribution in [0.2, 0.25) is 5.02 Å². The summed E-state index contributed by atoms with van der Waals surface area (Å²) in [5, 5.41) is 18.3. The minimum atomic E-state index is -5.08. The number of fused-ring (bicyclic) bond motifs is 3. The Kier molecular flexibility index (Phi) is 11.0. The van der Waals surface area contributed by atoms with Gasteiger partial charge in [-0.3, -0.25) is 9.79 Å². The Morgan fingerprint density at radius 1 is 1.07 bits per heavy atom. The molecule has 0 saturated heterocycles. The lowest BCUT2D eigenvalue weighted by atomic mass is 9.79. The average Bonchev–Trinajstić information content (AvgIpc) is 2.99. The van der Waals surface area contributed by atoms with Gasteiger partial charge in [-0.2, -0.15) is 26.3 Å². The van der Waals surface area contributed by atoms with Gasteiger partial charge in [-0.25, -0.2) is 14.6 Å². The van der Waals surface area contributed by atoms with Crippen molar-refractivity contribution in [2.45, 2.75) is 44.1 Å². The molecule has 2 aliphatic rings. The number of benzene rings is 1. The molecule has 5 N–H and O–H groups in total. The van der Waals surface area contributed by atoms with E-state index in [2.05, 4.69) is 23.3 Å². The number of anilines is 1. The van der Waals surface area contributed by atoms with Gasteiger partial charge in [0.1, 0.15) is 5.69 Å². The van der Waals surface area contributed by atoms with E-state index in [-0.39, 0.29) is 11.4 Å². The normalized spacial score (nSPS) is 19.8. The second-order valence-corrected chi connectivity index (χ2v) is 10.3. The number of nitrogens with one attached hydrogen (secondary N) is 1. The Morgan fingerprint density at radius 3 is 2.17 bits per heavy atom. The summed E-state index contributed by atoms with van der Waals surface area (Å²) in [7, 11) is 0. The lowest BCUT2D eigenvalue weighted by molar-refractivity contribution is -0.193. The Morgan fingerprint density at radius 2 is 1.66 bits per heavy atom. The number of nitrogens with zero attached hydrogens (tertiary/aromatic N) is 2. The molecule has 1 aliphatic heterocycles. The lowest BCUT2D eigenvalue weighted by Crippen LogP contribution is -2.37. The molecule has 1 aromatic heterocycles. The van der Waals surface area contributed by atoms with Gasteiger partial charge in [0.15, 0.2) is 5.17 Å². The zero-order valence-corrected chi connectivity index (χ0v) is 22.6. The molecule has 9 nitrogen and oxygen atoms in total. The van der Waals surface area contributed by atoms with Crippen LogP contribution in [0.5, 0.6) is 0 Å². The second kappa shape index (κ2) is 13.4. The van der Waals surface area contributed by atoms with Crippen molar-refractivity contribution in [3.63, 3.8) is 0 Å². The number of halogens is 7. The average molecular weight is 629 g/mol. The van der Waals surface area contributed by atoms with Gasteiger partial charge in [0.05, 0.1) is 10.6 Å². The lowest BCUT2D eigenvalue weighted by Gasteiger charge is -2.37. The standard InChI is InChI=1S/C20H21ClN4OS.2C2HF3O2/c1-20-13(11-27-19(22)25-20)4-2-3-12-5-7-15(9-16(12)20)24-18(26)17-8-6-14(21)10-23-17;2*3-2(4,5)1(6)7/h5-10,13H,2-4,11H2,1H3,(H2,22,25)(H,24,26);2*(H,6,7)/t13-,20+;;/m1../s1. The number of carboxylic acids is 2. The van der Waals surface area contributed by atoms with Gasteiger partial charge >= 0.3 is 24.3 Å². The van der Waals surface area contributed by atoms with E-state index < -0.39 is 24.3 Å². The van der Waals surface area contributed by atoms with E-state index in [9.17, 15) is 31.1 Å². The van der Waals surface area contributed by atoms with Gasteiger partial charge < -0.3 is 21.3 Å². The van der Waals surface area contributed by atoms with Crippen LogP contribution in [0.4, 0.5) is 32.0 Å². The van der Waals surface area contributed by atoms with E-state index in [4.69, 9.17) is 42.1 Å². The van der Waals surface area contributed by atoms with Crippen molar-refractivity contribution in [3.8, 4) is 0 Å². The first-order valence-corrected chi connectivity index (χ1v) is 12.9. The van der Waals surface area contributed by atoms with Crippen molar-refractivity contribution < 1.29 is 50.9 Å². The van der Waals surface area contributed by atoms with E-state index >= 15 is 0 Å². The predicted molar refractivity (Wildman–Crippen MR) is 139 cm³/mol. The zero-order chi connectivity index (χ0) is 31.2. The van der Waals surface area contributed by atoms with Crippen LogP contribution in [0.25, 0.3) is 0 Å². The highest BCUT2D eigenvalue weighted by Crippen LogP contribution is 2.46. The number of hydrogen-bond acceptors (Lipinski definition) is 7. The van der Waals surface area contributed by atoms with Crippen LogP contribution >= 0.6 is 23.4 Å². The number of aliphatic carboxylic acids is 2. The number of carbonyl (C=O) groups is 3. The molecular formula is C24H23ClF6N4O5S. The molecule has 41 heavy (non-hydrogen) atoms. The molecule has 0 radical (unpaired) electrons. The Bertz CT molecular complexity index is 1280. The molecule has 17 heteroatoms. The summed E-state index contributed by atoms with van der Waals surface area (Å²) in [4.78, 5) is 39.2. The van der Waals surface area contributed by atoms with Crippen molar-refractivity contribution in [1.82, 2.24) is 4.98 Å². The molecule has 2 heterocycles. The summed E-state index contributed by atoms with van der Waals surface area (Å²) in [6.45, 7) is 2.17. The number of hydrogen-bond donors (Lipinski definition) is 4. The maximum atomic E-state index is 12.5. The van der Waals surface area contributed by atoms with Crippen molar-refractivity contribution in [3.05, 3.63) is 58.4 Å². The van der Waals surface area contributed by atoms with Gasteiger partial charge in [-0.05, 0) is 67.5 Å². The van der Waals surface area contributed by atoms with Gasteiger partial charge in [0, 0.05) is 17.6 Å². The third-order valence-corrected chi connectivity index (χ3v) is 7.11. The summed E-state index contributed by atoms with van der Waals surface area (Å²) < 4.78 is 63.5. The molecule has 0 unspecified atom stereocenters. The smallest absolute Gasteiger partial charge is 0.475 e. The largest absolute Gasteiger partial charge is 0.490 e. The maximum absolute atomic E-state index is 12.5. The fourth-order valence-electron chi connectivity index (χ4n) is 3.93. The minimum absolute atomic E-state index is 0.260. The van der Waals surface area contributed by atoms with Crippen molar-refractivity contribution in [1.29, 1.82) is 0 Å². The van der Waals surface area contributed by atoms with Gasteiger partial charge in [-0.15, -0.1) is 0 Å². The molecule has 0 fully saturated rings. The summed E-state index contributed by atoms with van der Waals surface area (Å²) in [6.07, 6.45) is -5.40. The van der Waals surface area contributed by atoms with Crippen molar-refractivity contribution in [2.24, 2.45) is 16.6 Å². The number of aliphatic imine (C=N–C) groups is 1. The quantitative estimate of drug-likeness (QED) is 0.319. The molecule has 224 valence electrons. The molecule has 2 aromatic rings. The number of pyridine rings is 1. The van der Waals surface area contributed by atoms with E-state index in [1.165, 1.54) is 11.8 Å². The molecule has 2 atom stereocenters. The number of nitrogens with two attached hydrogens (primary N) is 1. The van der Waals surface area contributed by atoms with Gasteiger partial charge in [-0.1, -0.05) is 29.4 Å². The van der Waals surface area contributed by atoms with Crippen LogP contribution in [0, 0.1) is 5.92 Å². The molecular weight excluding hydrogens is 606 g/mol. The summed E-state index contributed by atoms with van der Waals surface area (Å²) >= 11 is 7.48. The molecule has 1 amide bonds. The van der Waals surface area contributed by atoms with Crippen LogP contribution < -0.4 is 11.1 Å². The maximum Gasteiger partial charge on any atom is 0.490 e. The number of amides is 1. The van der Waals surface area contributed by atoms with Gasteiger partial charge in [0.25, 0.3) is 5.91 Å². The highest BCUT2D eigenvalue weighted by molar-refractivity contribution is 8.13. The summed E-state index contributed by atoms with van der Waals surface area (Å²) in [5.74, 6) is -4.35. The first-order valence-electron chi connectivity index (χ1n) is 11.5. The molecule has 0 bridgehead atoms. The number of amidine groups is 1. The Balaban J connectivity index is 0.000000349. The van der Waals surface area contributed by atoms with Crippen molar-refractivity contribution in [2.75, 3.05) is 11.1 Å². The number of carbonyl (C=O) groups excluding carboxylic acids is 1. The summed E-state index contributed by atoms with van der Waals surface area (Å²) in [5.41, 5.74) is 9.23. The van der Waals surface area contributed by atoms with Crippen LogP contribution in [0.1, 0.15) is 41.4 Å². The third kappa shape index (κ3) is 9.52. The first kappa shape index (κ1) is 33.7. The fourth-order valence-corrected chi connectivity index (χ4v) is 5.16. The molecule has 4 rings (SSSR count). The Labute approximate surface area is 238 Å². The van der Waals surface area contributed by atoms with E-state index in [0.717, 1.165) is 36.3 Å². The molecule has 0 spiro atoms. The number of aryl methyl sites for hydroxylation is 1. The van der Waals surface area contributed by atoms with Crippen molar-refractivity contribution >= 4 is 52.1 Å². The van der Waals surface area contributed by atoms with E-state index in [1.54, 1.807) is 23.9 Å². The molecule has 1 aliphatic carbocycles. The highest BCUT2D eigenvalue weighted by atomic mass is 35.5. The fraction of sp³-hybridized carbons (Fsp3) is 0.375. The van der Waals surface area contributed by atoms with E-state index in [0.29, 0.717) is 21.8 Å². The van der Waals surface area contributed by atoms with E-state index in [1.807, 2.05) is 12.1 Å². The molecule has 1 aromatic carbocycles. The van der Waals surface area contributed by atoms with Crippen LogP contribution in [0.3, 0.4) is 0 Å². The number of rotatable bonds is 2. The first-order chi connectivity index (χ1) is 18.8. The second-order valence-electron chi connectivity index (χ2n) is 8.79. The van der Waals surface area contributed by atoms with Crippen LogP contribution in [-0.2, 0) is 21.5 Å². The number of carboxylic acid groups (broad SMARTS) is 2. The third-order valence-electron chi connectivity index (χ3n) is 5.93. The molecule has 0 saturated carbocycles. The topological polar surface area (TPSA) is 155 Å². The SMILES string of the molecule is C[C@]12N=C(N)SC[C@H]1CCCc1ccc(NC(=O)c3ccc(Cl)cn3)cc12.O=C(O)C(F)(F)F.O=C(O)C(F)(F)F. The van der Waals surface area contributed by atoms with Crippen LogP contribution in [0.15, 0.2) is 41.5 Å². The Hall–Kier alpha value is -3.53. The van der Waals surface area contributed by atoms with Gasteiger partial charge in [0.2, 0.25) is 0 Å². The predicted octanol–water partition coefficient (Wildman–Crippen LogP) is 5.48.